The van der Waals surface area contributed by atoms with Crippen LogP contribution in [-0.4, -0.2) is 27.6 Å². The molecule has 0 fully saturated rings. The molecule has 1 aromatic heterocycles. The van der Waals surface area contributed by atoms with Crippen LogP contribution in [0.25, 0.3) is 17.0 Å². The Bertz CT molecular complexity index is 1030. The van der Waals surface area contributed by atoms with E-state index in [1.807, 2.05) is 0 Å². The summed E-state index contributed by atoms with van der Waals surface area (Å²) < 4.78 is 34.3. The van der Waals surface area contributed by atoms with Crippen LogP contribution in [0, 0.1) is 0 Å². The van der Waals surface area contributed by atoms with Crippen molar-refractivity contribution in [1.29, 1.82) is 0 Å². The number of nitrogens with zero attached hydrogens (tertiary/aromatic N) is 3. The third-order valence-electron chi connectivity index (χ3n) is 3.48. The lowest BCUT2D eigenvalue weighted by atomic mass is 10.2. The quantitative estimate of drug-likeness (QED) is 0.488. The van der Waals surface area contributed by atoms with Gasteiger partial charge in [-0.1, -0.05) is 29.5 Å². The van der Waals surface area contributed by atoms with Crippen LogP contribution < -0.4 is 10.3 Å². The molecule has 0 aliphatic carbocycles. The second-order valence-electron chi connectivity index (χ2n) is 5.28. The van der Waals surface area contributed by atoms with E-state index in [1.165, 1.54) is 30.3 Å². The van der Waals surface area contributed by atoms with Crippen LogP contribution in [0.4, 0.5) is 8.78 Å². The molecule has 2 aromatic carbocycles. The largest absolute Gasteiger partial charge is 0.439 e. The Morgan fingerprint density at radius 2 is 1.89 bits per heavy atom. The normalized spacial score (nSPS) is 11.2. The van der Waals surface area contributed by atoms with Gasteiger partial charge in [-0.15, -0.1) is 5.10 Å². The Balaban J connectivity index is 1.60. The second-order valence-corrected chi connectivity index (χ2v) is 5.28. The molecule has 0 aliphatic heterocycles. The molecular weight excluding hydrogens is 360 g/mol. The monoisotopic (exact) mass is 373 g/mol. The summed E-state index contributed by atoms with van der Waals surface area (Å²) in [6, 6.07) is 12.4. The van der Waals surface area contributed by atoms with Crippen molar-refractivity contribution in [3.8, 4) is 5.75 Å². The number of fused-ring (bicyclic) bond motifs is 1. The Morgan fingerprint density at radius 3 is 2.63 bits per heavy atom. The lowest BCUT2D eigenvalue weighted by Gasteiger charge is -2.05. The molecule has 3 rings (SSSR count). The first-order valence-corrected chi connectivity index (χ1v) is 7.75. The summed E-state index contributed by atoms with van der Waals surface area (Å²) in [5, 5.41) is 7.95. The third kappa shape index (κ3) is 4.72. The molecule has 0 saturated carbocycles. The van der Waals surface area contributed by atoms with Crippen molar-refractivity contribution in [3.05, 3.63) is 70.5 Å². The zero-order chi connectivity index (χ0) is 19.2. The maximum atomic E-state index is 12.2. The maximum absolute atomic E-state index is 12.2. The molecule has 0 atom stereocenters. The Hall–Kier alpha value is -3.62. The lowest BCUT2D eigenvalue weighted by molar-refractivity contribution is -0.141. The SMILES string of the molecule is O=C(C=Cc1ccc(OC(F)F)cc1)OCn1nnc2ccccc2c1=O. The van der Waals surface area contributed by atoms with Gasteiger partial charge < -0.3 is 9.47 Å². The van der Waals surface area contributed by atoms with Crippen molar-refractivity contribution in [2.45, 2.75) is 13.3 Å². The Morgan fingerprint density at radius 1 is 1.15 bits per heavy atom. The fourth-order valence-electron chi connectivity index (χ4n) is 2.21. The highest BCUT2D eigenvalue weighted by Crippen LogP contribution is 2.15. The summed E-state index contributed by atoms with van der Waals surface area (Å²) in [4.78, 5) is 24.0. The van der Waals surface area contributed by atoms with E-state index in [9.17, 15) is 18.4 Å². The smallest absolute Gasteiger partial charge is 0.387 e. The van der Waals surface area contributed by atoms with E-state index in [0.29, 0.717) is 16.5 Å². The predicted octanol–water partition coefficient (Wildman–Crippen LogP) is 2.61. The van der Waals surface area contributed by atoms with Gasteiger partial charge in [-0.25, -0.2) is 4.79 Å². The number of hydrogen-bond acceptors (Lipinski definition) is 6. The van der Waals surface area contributed by atoms with Crippen LogP contribution in [0.2, 0.25) is 0 Å². The highest BCUT2D eigenvalue weighted by molar-refractivity contribution is 5.87. The van der Waals surface area contributed by atoms with Gasteiger partial charge in [0.2, 0.25) is 0 Å². The van der Waals surface area contributed by atoms with Crippen LogP contribution in [0.5, 0.6) is 5.75 Å². The van der Waals surface area contributed by atoms with Gasteiger partial charge in [-0.2, -0.15) is 13.5 Å². The van der Waals surface area contributed by atoms with Crippen LogP contribution in [0.15, 0.2) is 59.4 Å². The molecule has 0 bridgehead atoms. The van der Waals surface area contributed by atoms with Gasteiger partial charge in [0.1, 0.15) is 11.3 Å². The molecule has 0 saturated heterocycles. The molecule has 0 radical (unpaired) electrons. The van der Waals surface area contributed by atoms with E-state index in [2.05, 4.69) is 15.0 Å². The van der Waals surface area contributed by atoms with Crippen molar-refractivity contribution in [2.24, 2.45) is 0 Å². The zero-order valence-corrected chi connectivity index (χ0v) is 13.8. The summed E-state index contributed by atoms with van der Waals surface area (Å²) >= 11 is 0. The zero-order valence-electron chi connectivity index (χ0n) is 13.8. The van der Waals surface area contributed by atoms with Gasteiger partial charge in [-0.3, -0.25) is 4.79 Å². The van der Waals surface area contributed by atoms with Gasteiger partial charge in [0.05, 0.1) is 5.39 Å². The number of esters is 1. The highest BCUT2D eigenvalue weighted by atomic mass is 19.3. The minimum atomic E-state index is -2.90. The summed E-state index contributed by atoms with van der Waals surface area (Å²) in [5.74, 6) is -0.691. The van der Waals surface area contributed by atoms with Gasteiger partial charge in [0.15, 0.2) is 6.73 Å². The minimum absolute atomic E-state index is 0.0129. The van der Waals surface area contributed by atoms with Crippen molar-refractivity contribution < 1.29 is 23.0 Å². The second kappa shape index (κ2) is 8.17. The average molecular weight is 373 g/mol. The molecule has 27 heavy (non-hydrogen) atoms. The summed E-state index contributed by atoms with van der Waals surface area (Å²) in [6.07, 6.45) is 2.58. The molecule has 138 valence electrons. The van der Waals surface area contributed by atoms with Crippen LogP contribution in [0.3, 0.4) is 0 Å². The molecule has 3 aromatic rings. The Kier molecular flexibility index (Phi) is 5.50. The molecule has 0 N–H and O–H groups in total. The summed E-state index contributed by atoms with van der Waals surface area (Å²) in [7, 11) is 0. The van der Waals surface area contributed by atoms with E-state index in [4.69, 9.17) is 4.74 Å². The molecule has 0 aliphatic rings. The minimum Gasteiger partial charge on any atom is -0.439 e. The summed E-state index contributed by atoms with van der Waals surface area (Å²) in [5.41, 5.74) is 0.604. The van der Waals surface area contributed by atoms with E-state index in [1.54, 1.807) is 24.3 Å². The number of benzene rings is 2. The lowest BCUT2D eigenvalue weighted by Crippen LogP contribution is -2.26. The third-order valence-corrected chi connectivity index (χ3v) is 3.48. The number of ether oxygens (including phenoxy) is 2. The van der Waals surface area contributed by atoms with E-state index < -0.39 is 18.1 Å². The first-order valence-electron chi connectivity index (χ1n) is 7.75. The molecule has 0 unspecified atom stereocenters. The van der Waals surface area contributed by atoms with Crippen molar-refractivity contribution >= 4 is 22.9 Å². The maximum Gasteiger partial charge on any atom is 0.387 e. The molecule has 0 amide bonds. The standard InChI is InChI=1S/C18H13F2N3O4/c19-18(20)27-13-8-5-12(6-9-13)7-10-16(24)26-11-23-17(25)14-3-1-2-4-15(14)21-22-23/h1-10,18H,11H2. The number of carbonyl (C=O) groups excluding carboxylic acids is 1. The molecule has 0 spiro atoms. The van der Waals surface area contributed by atoms with Gasteiger partial charge in [-0.05, 0) is 35.9 Å². The number of hydrogen-bond donors (Lipinski definition) is 0. The highest BCUT2D eigenvalue weighted by Gasteiger charge is 2.07. The van der Waals surface area contributed by atoms with Gasteiger partial charge in [0.25, 0.3) is 5.56 Å². The van der Waals surface area contributed by atoms with E-state index in [0.717, 1.165) is 10.8 Å². The average Bonchev–Trinajstić information content (AvgIpc) is 2.67. The first kappa shape index (κ1) is 18.2. The van der Waals surface area contributed by atoms with Gasteiger partial charge >= 0.3 is 12.6 Å². The van der Waals surface area contributed by atoms with Crippen LogP contribution in [0.1, 0.15) is 5.56 Å². The number of rotatable bonds is 6. The number of halogens is 2. The molecule has 9 heteroatoms. The van der Waals surface area contributed by atoms with E-state index in [-0.39, 0.29) is 12.5 Å². The van der Waals surface area contributed by atoms with E-state index >= 15 is 0 Å². The topological polar surface area (TPSA) is 83.3 Å². The van der Waals surface area contributed by atoms with Gasteiger partial charge in [0, 0.05) is 6.08 Å². The summed E-state index contributed by atoms with van der Waals surface area (Å²) in [6.45, 7) is -3.29. The molecule has 7 nitrogen and oxygen atoms in total. The number of alkyl halides is 2. The number of aromatic nitrogens is 3. The van der Waals surface area contributed by atoms with Crippen molar-refractivity contribution in [2.75, 3.05) is 0 Å². The fourth-order valence-corrected chi connectivity index (χ4v) is 2.21. The number of carbonyl (C=O) groups is 1. The fraction of sp³-hybridized carbons (Fsp3) is 0.111. The molecular formula is C18H13F2N3O4. The Labute approximate surface area is 151 Å². The van der Waals surface area contributed by atoms with Crippen LogP contribution in [-0.2, 0) is 16.3 Å². The van der Waals surface area contributed by atoms with Crippen molar-refractivity contribution in [3.63, 3.8) is 0 Å². The molecule has 1 heterocycles. The van der Waals surface area contributed by atoms with Crippen LogP contribution >= 0.6 is 0 Å². The predicted molar refractivity (Wildman–Crippen MR) is 92.0 cm³/mol. The van der Waals surface area contributed by atoms with Crippen molar-refractivity contribution in [1.82, 2.24) is 15.0 Å². The first-order chi connectivity index (χ1) is 13.0.